The molecule has 0 aliphatic carbocycles. The molecule has 0 unspecified atom stereocenters. The van der Waals surface area contributed by atoms with Gasteiger partial charge in [-0.3, -0.25) is 4.79 Å². The van der Waals surface area contributed by atoms with Gasteiger partial charge < -0.3 is 0 Å². The van der Waals surface area contributed by atoms with Crippen LogP contribution in [0.2, 0.25) is 0 Å². The highest BCUT2D eigenvalue weighted by Crippen LogP contribution is 2.19. The van der Waals surface area contributed by atoms with E-state index in [1.54, 1.807) is 10.7 Å². The monoisotopic (exact) mass is 237 g/mol. The summed E-state index contributed by atoms with van der Waals surface area (Å²) in [6.45, 7) is 1.96. The minimum absolute atomic E-state index is 0.667. The molecule has 0 saturated carbocycles. The molecule has 2 aromatic carbocycles. The quantitative estimate of drug-likeness (QED) is 0.643. The second kappa shape index (κ2) is 4.07. The first kappa shape index (κ1) is 10.7. The summed E-state index contributed by atoms with van der Waals surface area (Å²) >= 11 is 0. The highest BCUT2D eigenvalue weighted by atomic mass is 16.1. The van der Waals surface area contributed by atoms with E-state index in [0.29, 0.717) is 5.56 Å². The van der Waals surface area contributed by atoms with E-state index in [2.05, 4.69) is 10.3 Å². The zero-order chi connectivity index (χ0) is 12.5. The lowest BCUT2D eigenvalue weighted by Crippen LogP contribution is -2.00. The predicted molar refractivity (Wildman–Crippen MR) is 69.0 cm³/mol. The summed E-state index contributed by atoms with van der Waals surface area (Å²) < 4.78 is 1.79. The number of aldehydes is 1. The Hall–Kier alpha value is -2.49. The average Bonchev–Trinajstić information content (AvgIpc) is 2.82. The van der Waals surface area contributed by atoms with Crippen molar-refractivity contribution in [2.75, 3.05) is 0 Å². The van der Waals surface area contributed by atoms with E-state index in [1.165, 1.54) is 0 Å². The molecule has 3 aromatic rings. The van der Waals surface area contributed by atoms with Gasteiger partial charge in [0.2, 0.25) is 0 Å². The fraction of sp³-hybridized carbons (Fsp3) is 0.0714. The van der Waals surface area contributed by atoms with E-state index >= 15 is 0 Å². The van der Waals surface area contributed by atoms with E-state index in [0.717, 1.165) is 28.6 Å². The Morgan fingerprint density at radius 1 is 1.17 bits per heavy atom. The lowest BCUT2D eigenvalue weighted by Gasteiger charge is -2.06. The van der Waals surface area contributed by atoms with Crippen LogP contribution in [0, 0.1) is 6.92 Å². The molecule has 4 heteroatoms. The highest BCUT2D eigenvalue weighted by molar-refractivity contribution is 5.78. The van der Waals surface area contributed by atoms with Gasteiger partial charge >= 0.3 is 0 Å². The number of fused-ring (bicyclic) bond motifs is 1. The minimum Gasteiger partial charge on any atom is -0.298 e. The Balaban J connectivity index is 2.23. The third-order valence-corrected chi connectivity index (χ3v) is 2.94. The summed E-state index contributed by atoms with van der Waals surface area (Å²) in [5.41, 5.74) is 4.42. The fourth-order valence-electron chi connectivity index (χ4n) is 2.04. The first-order valence-corrected chi connectivity index (χ1v) is 5.66. The molecule has 0 N–H and O–H groups in total. The molecular formula is C14H11N3O. The first-order chi connectivity index (χ1) is 8.79. The number of hydrogen-bond acceptors (Lipinski definition) is 3. The van der Waals surface area contributed by atoms with Crippen LogP contribution in [0.25, 0.3) is 16.7 Å². The van der Waals surface area contributed by atoms with Crippen LogP contribution >= 0.6 is 0 Å². The lowest BCUT2D eigenvalue weighted by atomic mass is 10.1. The lowest BCUT2D eigenvalue weighted by molar-refractivity contribution is 0.112. The van der Waals surface area contributed by atoms with Crippen molar-refractivity contribution in [2.45, 2.75) is 6.92 Å². The third-order valence-electron chi connectivity index (χ3n) is 2.94. The largest absolute Gasteiger partial charge is 0.298 e. The molecule has 0 fully saturated rings. The summed E-state index contributed by atoms with van der Waals surface area (Å²) in [4.78, 5) is 10.7. The molecule has 0 radical (unpaired) electrons. The molecule has 0 aliphatic heterocycles. The molecule has 0 atom stereocenters. The molecule has 0 amide bonds. The van der Waals surface area contributed by atoms with Gasteiger partial charge in [-0.2, -0.15) is 0 Å². The predicted octanol–water partition coefficient (Wildman–Crippen LogP) is 2.54. The number of aryl methyl sites for hydroxylation is 1. The molecule has 1 aromatic heterocycles. The minimum atomic E-state index is 0.667. The van der Waals surface area contributed by atoms with Gasteiger partial charge in [-0.25, -0.2) is 4.68 Å². The van der Waals surface area contributed by atoms with Gasteiger partial charge in [0.25, 0.3) is 0 Å². The number of hydrogen-bond donors (Lipinski definition) is 0. The molecule has 0 spiro atoms. The van der Waals surface area contributed by atoms with E-state index in [9.17, 15) is 4.79 Å². The van der Waals surface area contributed by atoms with E-state index in [-0.39, 0.29) is 0 Å². The molecule has 0 bridgehead atoms. The molecule has 4 nitrogen and oxygen atoms in total. The van der Waals surface area contributed by atoms with Gasteiger partial charge in [-0.15, -0.1) is 5.10 Å². The van der Waals surface area contributed by atoms with Crippen molar-refractivity contribution in [1.82, 2.24) is 15.0 Å². The maximum atomic E-state index is 10.7. The van der Waals surface area contributed by atoms with Crippen molar-refractivity contribution in [3.63, 3.8) is 0 Å². The molecule has 88 valence electrons. The number of carbonyl (C=O) groups is 1. The number of rotatable bonds is 2. The Morgan fingerprint density at radius 2 is 2.00 bits per heavy atom. The maximum Gasteiger partial charge on any atom is 0.150 e. The average molecular weight is 237 g/mol. The van der Waals surface area contributed by atoms with Gasteiger partial charge in [-0.05, 0) is 42.8 Å². The SMILES string of the molecule is Cc1cc(C=O)ccc1-n1nnc2ccccc21. The maximum absolute atomic E-state index is 10.7. The van der Waals surface area contributed by atoms with Crippen LogP contribution < -0.4 is 0 Å². The van der Waals surface area contributed by atoms with Crippen LogP contribution in [0.3, 0.4) is 0 Å². The zero-order valence-electron chi connectivity index (χ0n) is 9.87. The van der Waals surface area contributed by atoms with E-state index in [4.69, 9.17) is 0 Å². The standard InChI is InChI=1S/C14H11N3O/c1-10-8-11(9-18)6-7-13(10)17-14-5-3-2-4-12(14)15-16-17/h2-9H,1H3. The number of para-hydroxylation sites is 1. The van der Waals surface area contributed by atoms with Crippen molar-refractivity contribution < 1.29 is 4.79 Å². The number of aromatic nitrogens is 3. The van der Waals surface area contributed by atoms with Crippen LogP contribution in [-0.2, 0) is 0 Å². The smallest absolute Gasteiger partial charge is 0.150 e. The molecule has 18 heavy (non-hydrogen) atoms. The van der Waals surface area contributed by atoms with Crippen LogP contribution in [0.4, 0.5) is 0 Å². The summed E-state index contributed by atoms with van der Waals surface area (Å²) in [7, 11) is 0. The molecular weight excluding hydrogens is 226 g/mol. The fourth-order valence-corrected chi connectivity index (χ4v) is 2.04. The van der Waals surface area contributed by atoms with E-state index in [1.807, 2.05) is 43.3 Å². The van der Waals surface area contributed by atoms with Gasteiger partial charge in [0, 0.05) is 5.56 Å². The molecule has 0 aliphatic rings. The van der Waals surface area contributed by atoms with Crippen molar-refractivity contribution in [3.8, 4) is 5.69 Å². The third kappa shape index (κ3) is 1.59. The summed E-state index contributed by atoms with van der Waals surface area (Å²) in [6, 6.07) is 13.3. The van der Waals surface area contributed by atoms with Gasteiger partial charge in [0.1, 0.15) is 11.8 Å². The van der Waals surface area contributed by atoms with Crippen molar-refractivity contribution in [1.29, 1.82) is 0 Å². The second-order valence-corrected chi connectivity index (χ2v) is 4.15. The van der Waals surface area contributed by atoms with Crippen LogP contribution in [0.15, 0.2) is 42.5 Å². The van der Waals surface area contributed by atoms with Crippen LogP contribution in [0.1, 0.15) is 15.9 Å². The topological polar surface area (TPSA) is 47.8 Å². The molecule has 1 heterocycles. The van der Waals surface area contributed by atoms with Gasteiger partial charge in [0.15, 0.2) is 0 Å². The van der Waals surface area contributed by atoms with Crippen molar-refractivity contribution in [3.05, 3.63) is 53.6 Å². The Kier molecular flexibility index (Phi) is 2.41. The van der Waals surface area contributed by atoms with E-state index < -0.39 is 0 Å². The van der Waals surface area contributed by atoms with Gasteiger partial charge in [-0.1, -0.05) is 17.3 Å². The number of benzene rings is 2. The molecule has 0 saturated heterocycles. The molecule has 3 rings (SSSR count). The summed E-state index contributed by atoms with van der Waals surface area (Å²) in [5.74, 6) is 0. The van der Waals surface area contributed by atoms with Gasteiger partial charge in [0.05, 0.1) is 11.2 Å². The first-order valence-electron chi connectivity index (χ1n) is 5.66. The summed E-state index contributed by atoms with van der Waals surface area (Å²) in [6.07, 6.45) is 0.843. The van der Waals surface area contributed by atoms with Crippen LogP contribution in [-0.4, -0.2) is 21.3 Å². The van der Waals surface area contributed by atoms with Crippen LogP contribution in [0.5, 0.6) is 0 Å². The normalized spacial score (nSPS) is 10.7. The second-order valence-electron chi connectivity index (χ2n) is 4.15. The summed E-state index contributed by atoms with van der Waals surface area (Å²) in [5, 5.41) is 8.28. The van der Waals surface area contributed by atoms with Crippen molar-refractivity contribution in [2.24, 2.45) is 0 Å². The Labute approximate surface area is 104 Å². The Morgan fingerprint density at radius 3 is 2.78 bits per heavy atom. The van der Waals surface area contributed by atoms with Crippen molar-refractivity contribution >= 4 is 17.3 Å². The highest BCUT2D eigenvalue weighted by Gasteiger charge is 2.08. The number of nitrogens with zero attached hydrogens (tertiary/aromatic N) is 3. The zero-order valence-corrected chi connectivity index (χ0v) is 9.87. The Bertz CT molecular complexity index is 731. The number of carbonyl (C=O) groups excluding carboxylic acids is 1.